The van der Waals surface area contributed by atoms with Gasteiger partial charge in [0.25, 0.3) is 0 Å². The molecule has 0 aliphatic heterocycles. The number of amides is 2. The molecule has 1 heterocycles. The van der Waals surface area contributed by atoms with Crippen LogP contribution in [0.3, 0.4) is 0 Å². The number of aryl methyl sites for hydroxylation is 1. The molecular weight excluding hydrogens is 230 g/mol. The first-order chi connectivity index (χ1) is 8.58. The molecule has 18 heavy (non-hydrogen) atoms. The molecule has 4 N–H and O–H groups in total. The number of primary amides is 1. The predicted molar refractivity (Wildman–Crippen MR) is 68.9 cm³/mol. The van der Waals surface area contributed by atoms with Crippen molar-refractivity contribution in [3.05, 3.63) is 35.5 Å². The number of para-hydroxylation sites is 1. The van der Waals surface area contributed by atoms with Gasteiger partial charge in [-0.2, -0.15) is 0 Å². The van der Waals surface area contributed by atoms with E-state index in [2.05, 4.69) is 10.3 Å². The molecule has 94 valence electrons. The van der Waals surface area contributed by atoms with Crippen LogP contribution in [-0.2, 0) is 16.0 Å². The van der Waals surface area contributed by atoms with E-state index in [1.165, 1.54) is 0 Å². The molecule has 0 saturated heterocycles. The number of fused-ring (bicyclic) bond motifs is 1. The highest BCUT2D eigenvalue weighted by atomic mass is 16.2. The maximum atomic E-state index is 11.7. The van der Waals surface area contributed by atoms with Gasteiger partial charge in [-0.15, -0.1) is 0 Å². The number of nitrogens with two attached hydrogens (primary N) is 1. The van der Waals surface area contributed by atoms with Crippen LogP contribution in [0.1, 0.15) is 11.3 Å². The van der Waals surface area contributed by atoms with Gasteiger partial charge in [0.15, 0.2) is 0 Å². The Hall–Kier alpha value is -2.30. The minimum absolute atomic E-state index is 0.125. The zero-order valence-electron chi connectivity index (χ0n) is 10.1. The SMILES string of the molecule is Cc1[nH]c2ccccc2c1CC(=O)NCC(N)=O. The average molecular weight is 245 g/mol. The first kappa shape index (κ1) is 12.2. The van der Waals surface area contributed by atoms with Crippen LogP contribution in [0.2, 0.25) is 0 Å². The predicted octanol–water partition coefficient (Wildman–Crippen LogP) is 0.620. The summed E-state index contributed by atoms with van der Waals surface area (Å²) in [5.41, 5.74) is 7.90. The fraction of sp³-hybridized carbons (Fsp3) is 0.231. The third-order valence-corrected chi connectivity index (χ3v) is 2.82. The molecule has 5 nitrogen and oxygen atoms in total. The van der Waals surface area contributed by atoms with Gasteiger partial charge in [-0.3, -0.25) is 9.59 Å². The second-order valence-electron chi connectivity index (χ2n) is 4.19. The van der Waals surface area contributed by atoms with Gasteiger partial charge in [0.1, 0.15) is 0 Å². The van der Waals surface area contributed by atoms with Crippen LogP contribution in [-0.4, -0.2) is 23.3 Å². The molecule has 0 unspecified atom stereocenters. The number of hydrogen-bond acceptors (Lipinski definition) is 2. The maximum absolute atomic E-state index is 11.7. The molecule has 0 aliphatic carbocycles. The van der Waals surface area contributed by atoms with E-state index in [1.807, 2.05) is 31.2 Å². The van der Waals surface area contributed by atoms with Crippen molar-refractivity contribution < 1.29 is 9.59 Å². The third kappa shape index (κ3) is 2.51. The Morgan fingerprint density at radius 3 is 2.78 bits per heavy atom. The van der Waals surface area contributed by atoms with Crippen molar-refractivity contribution in [1.29, 1.82) is 0 Å². The van der Waals surface area contributed by atoms with Crippen molar-refractivity contribution >= 4 is 22.7 Å². The second-order valence-corrected chi connectivity index (χ2v) is 4.19. The Bertz CT molecular complexity index is 601. The molecule has 1 aromatic carbocycles. The highest BCUT2D eigenvalue weighted by Crippen LogP contribution is 2.22. The molecule has 0 saturated carbocycles. The minimum atomic E-state index is -0.543. The Balaban J connectivity index is 2.18. The zero-order valence-corrected chi connectivity index (χ0v) is 10.1. The van der Waals surface area contributed by atoms with E-state index in [0.29, 0.717) is 0 Å². The topological polar surface area (TPSA) is 88.0 Å². The Kier molecular flexibility index (Phi) is 3.32. The van der Waals surface area contributed by atoms with Gasteiger partial charge in [0, 0.05) is 16.6 Å². The summed E-state index contributed by atoms with van der Waals surface area (Å²) in [6.07, 6.45) is 0.239. The molecule has 1 aromatic heterocycles. The molecule has 2 rings (SSSR count). The molecule has 0 aliphatic rings. The first-order valence-corrected chi connectivity index (χ1v) is 5.69. The minimum Gasteiger partial charge on any atom is -0.368 e. The third-order valence-electron chi connectivity index (χ3n) is 2.82. The number of aromatic amines is 1. The second kappa shape index (κ2) is 4.91. The number of H-pyrrole nitrogens is 1. The van der Waals surface area contributed by atoms with E-state index in [1.54, 1.807) is 0 Å². The molecule has 5 heteroatoms. The largest absolute Gasteiger partial charge is 0.368 e. The van der Waals surface area contributed by atoms with E-state index in [0.717, 1.165) is 22.2 Å². The van der Waals surface area contributed by atoms with E-state index < -0.39 is 5.91 Å². The molecule has 0 radical (unpaired) electrons. The number of carbonyl (C=O) groups excluding carboxylic acids is 2. The Labute approximate surface area is 104 Å². The van der Waals surface area contributed by atoms with Gasteiger partial charge in [-0.05, 0) is 18.6 Å². The summed E-state index contributed by atoms with van der Waals surface area (Å²) in [4.78, 5) is 25.5. The molecule has 0 atom stereocenters. The molecular formula is C13H15N3O2. The number of rotatable bonds is 4. The van der Waals surface area contributed by atoms with Crippen molar-refractivity contribution in [2.24, 2.45) is 5.73 Å². The summed E-state index contributed by atoms with van der Waals surface area (Å²) >= 11 is 0. The summed E-state index contributed by atoms with van der Waals surface area (Å²) in [5, 5.41) is 3.52. The summed E-state index contributed by atoms with van der Waals surface area (Å²) < 4.78 is 0. The van der Waals surface area contributed by atoms with Gasteiger partial charge < -0.3 is 16.0 Å². The van der Waals surface area contributed by atoms with Crippen molar-refractivity contribution in [1.82, 2.24) is 10.3 Å². The summed E-state index contributed by atoms with van der Waals surface area (Å²) in [6, 6.07) is 7.80. The van der Waals surface area contributed by atoms with Crippen molar-refractivity contribution in [2.45, 2.75) is 13.3 Å². The van der Waals surface area contributed by atoms with Crippen LogP contribution in [0.15, 0.2) is 24.3 Å². The summed E-state index contributed by atoms with van der Waals surface area (Å²) in [5.74, 6) is -0.749. The van der Waals surface area contributed by atoms with E-state index in [9.17, 15) is 9.59 Å². The van der Waals surface area contributed by atoms with Crippen LogP contribution >= 0.6 is 0 Å². The van der Waals surface area contributed by atoms with Crippen molar-refractivity contribution in [2.75, 3.05) is 6.54 Å². The fourth-order valence-electron chi connectivity index (χ4n) is 1.97. The fourth-order valence-corrected chi connectivity index (χ4v) is 1.97. The first-order valence-electron chi connectivity index (χ1n) is 5.69. The summed E-state index contributed by atoms with van der Waals surface area (Å²) in [7, 11) is 0. The monoisotopic (exact) mass is 245 g/mol. The summed E-state index contributed by atoms with van der Waals surface area (Å²) in [6.45, 7) is 1.80. The van der Waals surface area contributed by atoms with Crippen molar-refractivity contribution in [3.63, 3.8) is 0 Å². The maximum Gasteiger partial charge on any atom is 0.236 e. The average Bonchev–Trinajstić information content (AvgIpc) is 2.64. The molecule has 0 bridgehead atoms. The number of carbonyl (C=O) groups is 2. The van der Waals surface area contributed by atoms with Crippen LogP contribution in [0.5, 0.6) is 0 Å². The smallest absolute Gasteiger partial charge is 0.236 e. The molecule has 0 fully saturated rings. The molecule has 2 amide bonds. The van der Waals surface area contributed by atoms with Crippen LogP contribution < -0.4 is 11.1 Å². The number of nitrogens with one attached hydrogen (secondary N) is 2. The van der Waals surface area contributed by atoms with E-state index in [-0.39, 0.29) is 18.9 Å². The van der Waals surface area contributed by atoms with Crippen molar-refractivity contribution in [3.8, 4) is 0 Å². The van der Waals surface area contributed by atoms with Crippen LogP contribution in [0.25, 0.3) is 10.9 Å². The van der Waals surface area contributed by atoms with E-state index in [4.69, 9.17) is 5.73 Å². The zero-order chi connectivity index (χ0) is 13.1. The lowest BCUT2D eigenvalue weighted by Crippen LogP contribution is -2.34. The van der Waals surface area contributed by atoms with E-state index >= 15 is 0 Å². The number of benzene rings is 1. The van der Waals surface area contributed by atoms with Gasteiger partial charge in [-0.1, -0.05) is 18.2 Å². The quantitative estimate of drug-likeness (QED) is 0.737. The van der Waals surface area contributed by atoms with Gasteiger partial charge in [0.05, 0.1) is 13.0 Å². The highest BCUT2D eigenvalue weighted by molar-refractivity contribution is 5.91. The van der Waals surface area contributed by atoms with Crippen LogP contribution in [0.4, 0.5) is 0 Å². The van der Waals surface area contributed by atoms with Gasteiger partial charge in [-0.25, -0.2) is 0 Å². The van der Waals surface area contributed by atoms with Crippen LogP contribution in [0, 0.1) is 6.92 Å². The van der Waals surface area contributed by atoms with Gasteiger partial charge in [0.2, 0.25) is 11.8 Å². The Morgan fingerprint density at radius 2 is 2.06 bits per heavy atom. The lowest BCUT2D eigenvalue weighted by atomic mass is 10.1. The standard InChI is InChI=1S/C13H15N3O2/c1-8-10(6-13(18)15-7-12(14)17)9-4-2-3-5-11(9)16-8/h2-5,16H,6-7H2,1H3,(H2,14,17)(H,15,18). The molecule has 0 spiro atoms. The lowest BCUT2D eigenvalue weighted by molar-refractivity contribution is -0.124. The normalized spacial score (nSPS) is 10.5. The highest BCUT2D eigenvalue weighted by Gasteiger charge is 2.12. The molecule has 2 aromatic rings. The Morgan fingerprint density at radius 1 is 1.33 bits per heavy atom. The van der Waals surface area contributed by atoms with Gasteiger partial charge >= 0.3 is 0 Å². The number of hydrogen-bond donors (Lipinski definition) is 3. The number of aromatic nitrogens is 1. The lowest BCUT2D eigenvalue weighted by Gasteiger charge is -2.03.